The van der Waals surface area contributed by atoms with E-state index in [0.717, 1.165) is 6.07 Å². The number of halogens is 3. The number of benzene rings is 1. The van der Waals surface area contributed by atoms with Crippen molar-refractivity contribution in [2.24, 2.45) is 4.99 Å². The average molecular weight is 259 g/mol. The standard InChI is InChI=1S/C11H8F3NO3/c12-11(13,14)8-1-2-9-10(18-4-3-17-9)7(8)5-15-6-16/h1-2H,3-5H2. The number of alkyl halides is 3. The van der Waals surface area contributed by atoms with E-state index in [4.69, 9.17) is 9.47 Å². The first-order chi connectivity index (χ1) is 8.54. The molecule has 1 heterocycles. The van der Waals surface area contributed by atoms with Gasteiger partial charge in [-0.15, -0.1) is 0 Å². The Kier molecular flexibility index (Phi) is 3.25. The lowest BCUT2D eigenvalue weighted by atomic mass is 10.0. The molecule has 0 aromatic heterocycles. The molecule has 0 aliphatic carbocycles. The van der Waals surface area contributed by atoms with E-state index >= 15 is 0 Å². The number of nitrogens with zero attached hydrogens (tertiary/aromatic N) is 1. The predicted octanol–water partition coefficient (Wildman–Crippen LogP) is 2.31. The average Bonchev–Trinajstić information content (AvgIpc) is 2.34. The molecule has 1 aromatic rings. The fourth-order valence-corrected chi connectivity index (χ4v) is 1.71. The van der Waals surface area contributed by atoms with E-state index in [1.54, 1.807) is 0 Å². The molecule has 0 saturated heterocycles. The van der Waals surface area contributed by atoms with Crippen LogP contribution in [0.5, 0.6) is 11.5 Å². The highest BCUT2D eigenvalue weighted by Gasteiger charge is 2.36. The molecule has 96 valence electrons. The van der Waals surface area contributed by atoms with Gasteiger partial charge in [0, 0.05) is 5.56 Å². The molecule has 7 heteroatoms. The molecule has 0 unspecified atom stereocenters. The van der Waals surface area contributed by atoms with Gasteiger partial charge >= 0.3 is 6.18 Å². The maximum Gasteiger partial charge on any atom is 0.416 e. The van der Waals surface area contributed by atoms with Crippen LogP contribution in [-0.2, 0) is 17.5 Å². The number of aliphatic imine (C=N–C) groups is 1. The molecule has 0 amide bonds. The molecule has 0 saturated carbocycles. The number of fused-ring (bicyclic) bond motifs is 1. The van der Waals surface area contributed by atoms with E-state index < -0.39 is 18.3 Å². The molecule has 0 fully saturated rings. The third kappa shape index (κ3) is 2.31. The molecule has 0 spiro atoms. The van der Waals surface area contributed by atoms with Crippen LogP contribution in [-0.4, -0.2) is 19.3 Å². The number of hydrogen-bond donors (Lipinski definition) is 0. The molecule has 4 nitrogen and oxygen atoms in total. The number of hydrogen-bond acceptors (Lipinski definition) is 4. The molecule has 0 bridgehead atoms. The molecule has 1 aliphatic rings. The first-order valence-electron chi connectivity index (χ1n) is 5.06. The normalized spacial score (nSPS) is 13.9. The van der Waals surface area contributed by atoms with Gasteiger partial charge in [-0.25, -0.2) is 9.79 Å². The monoisotopic (exact) mass is 259 g/mol. The molecule has 1 aliphatic heterocycles. The Morgan fingerprint density at radius 2 is 2.00 bits per heavy atom. The van der Waals surface area contributed by atoms with Gasteiger partial charge in [-0.1, -0.05) is 0 Å². The van der Waals surface area contributed by atoms with E-state index in [1.165, 1.54) is 12.1 Å². The molecule has 1 aromatic carbocycles. The van der Waals surface area contributed by atoms with Gasteiger partial charge in [-0.05, 0) is 12.1 Å². The van der Waals surface area contributed by atoms with Crippen LogP contribution in [0.2, 0.25) is 0 Å². The molecule has 18 heavy (non-hydrogen) atoms. The highest BCUT2D eigenvalue weighted by atomic mass is 19.4. The Bertz CT molecular complexity index is 507. The van der Waals surface area contributed by atoms with Gasteiger partial charge in [0.05, 0.1) is 12.1 Å². The minimum atomic E-state index is -4.54. The van der Waals surface area contributed by atoms with Crippen LogP contribution in [0.4, 0.5) is 13.2 Å². The van der Waals surface area contributed by atoms with Crippen molar-refractivity contribution in [3.63, 3.8) is 0 Å². The zero-order valence-electron chi connectivity index (χ0n) is 9.08. The van der Waals surface area contributed by atoms with Crippen molar-refractivity contribution in [2.75, 3.05) is 13.2 Å². The minimum Gasteiger partial charge on any atom is -0.486 e. The molecule has 0 N–H and O–H groups in total. The molecule has 0 radical (unpaired) electrons. The predicted molar refractivity (Wildman–Crippen MR) is 54.3 cm³/mol. The lowest BCUT2D eigenvalue weighted by molar-refractivity contribution is -0.138. The Morgan fingerprint density at radius 1 is 1.28 bits per heavy atom. The number of ether oxygens (including phenoxy) is 2. The summed E-state index contributed by atoms with van der Waals surface area (Å²) in [5, 5.41) is 0. The second-order valence-corrected chi connectivity index (χ2v) is 3.52. The quantitative estimate of drug-likeness (QED) is 0.605. The second-order valence-electron chi connectivity index (χ2n) is 3.52. The van der Waals surface area contributed by atoms with Crippen LogP contribution < -0.4 is 9.47 Å². The molecular formula is C11H8F3NO3. The van der Waals surface area contributed by atoms with E-state index in [-0.39, 0.29) is 30.3 Å². The lowest BCUT2D eigenvalue weighted by Crippen LogP contribution is -2.19. The SMILES string of the molecule is O=C=NCc1c(C(F)(F)F)ccc2c1OCCO2. The van der Waals surface area contributed by atoms with Crippen LogP contribution in [0, 0.1) is 0 Å². The number of rotatable bonds is 2. The van der Waals surface area contributed by atoms with E-state index in [9.17, 15) is 18.0 Å². The summed E-state index contributed by atoms with van der Waals surface area (Å²) in [4.78, 5) is 13.2. The maximum atomic E-state index is 12.8. The Hall–Kier alpha value is -2.01. The van der Waals surface area contributed by atoms with Gasteiger partial charge in [0.15, 0.2) is 11.5 Å². The van der Waals surface area contributed by atoms with E-state index in [1.807, 2.05) is 0 Å². The Balaban J connectivity index is 2.56. The lowest BCUT2D eigenvalue weighted by Gasteiger charge is -2.23. The van der Waals surface area contributed by atoms with Crippen molar-refractivity contribution in [3.05, 3.63) is 23.3 Å². The maximum absolute atomic E-state index is 12.8. The minimum absolute atomic E-state index is 0.00456. The fraction of sp³-hybridized carbons (Fsp3) is 0.364. The summed E-state index contributed by atoms with van der Waals surface area (Å²) in [5.74, 6) is 0.223. The van der Waals surface area contributed by atoms with Crippen LogP contribution in [0.15, 0.2) is 17.1 Å². The summed E-state index contributed by atoms with van der Waals surface area (Å²) in [6.45, 7) is -0.00819. The molecule has 2 rings (SSSR count). The smallest absolute Gasteiger partial charge is 0.416 e. The Morgan fingerprint density at radius 3 is 2.67 bits per heavy atom. The molecular weight excluding hydrogens is 251 g/mol. The van der Waals surface area contributed by atoms with Gasteiger partial charge < -0.3 is 9.47 Å². The number of carbonyl (C=O) groups excluding carboxylic acids is 1. The van der Waals surface area contributed by atoms with Gasteiger partial charge in [0.1, 0.15) is 13.2 Å². The van der Waals surface area contributed by atoms with Gasteiger partial charge in [0.2, 0.25) is 6.08 Å². The van der Waals surface area contributed by atoms with Crippen LogP contribution >= 0.6 is 0 Å². The van der Waals surface area contributed by atoms with Crippen LogP contribution in [0.3, 0.4) is 0 Å². The highest BCUT2D eigenvalue weighted by molar-refractivity contribution is 5.53. The second kappa shape index (κ2) is 4.70. The first-order valence-corrected chi connectivity index (χ1v) is 5.06. The van der Waals surface area contributed by atoms with Crippen LogP contribution in [0.25, 0.3) is 0 Å². The van der Waals surface area contributed by atoms with E-state index in [2.05, 4.69) is 4.99 Å². The van der Waals surface area contributed by atoms with Crippen molar-refractivity contribution in [1.29, 1.82) is 0 Å². The molecule has 0 atom stereocenters. The van der Waals surface area contributed by atoms with Crippen molar-refractivity contribution in [2.45, 2.75) is 12.7 Å². The summed E-state index contributed by atoms with van der Waals surface area (Å²) in [6.07, 6.45) is -3.33. The summed E-state index contributed by atoms with van der Waals surface area (Å²) in [7, 11) is 0. The van der Waals surface area contributed by atoms with Crippen LogP contribution in [0.1, 0.15) is 11.1 Å². The Labute approximate surface area is 100 Å². The summed E-state index contributed by atoms with van der Waals surface area (Å²) in [5.41, 5.74) is -1.09. The summed E-state index contributed by atoms with van der Waals surface area (Å²) >= 11 is 0. The third-order valence-corrected chi connectivity index (χ3v) is 2.42. The summed E-state index contributed by atoms with van der Waals surface area (Å²) in [6, 6.07) is 2.09. The van der Waals surface area contributed by atoms with E-state index in [0.29, 0.717) is 0 Å². The summed E-state index contributed by atoms with van der Waals surface area (Å²) < 4.78 is 48.8. The first kappa shape index (κ1) is 12.4. The van der Waals surface area contributed by atoms with Crippen molar-refractivity contribution in [1.82, 2.24) is 0 Å². The fourth-order valence-electron chi connectivity index (χ4n) is 1.71. The highest BCUT2D eigenvalue weighted by Crippen LogP contribution is 2.42. The third-order valence-electron chi connectivity index (χ3n) is 2.42. The topological polar surface area (TPSA) is 47.9 Å². The zero-order chi connectivity index (χ0) is 13.2. The zero-order valence-corrected chi connectivity index (χ0v) is 9.08. The largest absolute Gasteiger partial charge is 0.486 e. The van der Waals surface area contributed by atoms with Crippen molar-refractivity contribution < 1.29 is 27.4 Å². The number of isocyanates is 1. The van der Waals surface area contributed by atoms with Gasteiger partial charge in [0.25, 0.3) is 0 Å². The van der Waals surface area contributed by atoms with Crippen molar-refractivity contribution >= 4 is 6.08 Å². The van der Waals surface area contributed by atoms with Gasteiger partial charge in [-0.3, -0.25) is 0 Å². The van der Waals surface area contributed by atoms with Gasteiger partial charge in [-0.2, -0.15) is 13.2 Å². The van der Waals surface area contributed by atoms with Crippen molar-refractivity contribution in [3.8, 4) is 11.5 Å².